The predicted octanol–water partition coefficient (Wildman–Crippen LogP) is 3.04. The van der Waals surface area contributed by atoms with Crippen LogP contribution >= 0.6 is 11.6 Å². The van der Waals surface area contributed by atoms with E-state index in [2.05, 4.69) is 0 Å². The molecule has 2 heteroatoms. The van der Waals surface area contributed by atoms with Crippen molar-refractivity contribution in [2.45, 2.75) is 31.8 Å². The van der Waals surface area contributed by atoms with Crippen LogP contribution in [0.15, 0.2) is 24.3 Å². The Balaban J connectivity index is 2.09. The first-order valence-electron chi connectivity index (χ1n) is 5.05. The van der Waals surface area contributed by atoms with E-state index in [-0.39, 0.29) is 0 Å². The van der Waals surface area contributed by atoms with E-state index in [1.165, 1.54) is 0 Å². The average molecular weight is 211 g/mol. The monoisotopic (exact) mass is 210 g/mol. The van der Waals surface area contributed by atoms with Gasteiger partial charge in [-0.15, -0.1) is 0 Å². The second-order valence-electron chi connectivity index (χ2n) is 4.44. The Bertz CT molecular complexity index is 329. The van der Waals surface area contributed by atoms with E-state index in [1.54, 1.807) is 0 Å². The van der Waals surface area contributed by atoms with Crippen molar-refractivity contribution in [2.24, 2.45) is 5.92 Å². The first-order valence-corrected chi connectivity index (χ1v) is 5.42. The number of hydrogen-bond donors (Lipinski definition) is 1. The third-order valence-corrected chi connectivity index (χ3v) is 3.14. The summed E-state index contributed by atoms with van der Waals surface area (Å²) < 4.78 is 0. The summed E-state index contributed by atoms with van der Waals surface area (Å²) in [7, 11) is 0. The smallest absolute Gasteiger partial charge is 0.0687 e. The van der Waals surface area contributed by atoms with Gasteiger partial charge in [0.1, 0.15) is 0 Å². The van der Waals surface area contributed by atoms with Crippen molar-refractivity contribution >= 4 is 11.6 Å². The van der Waals surface area contributed by atoms with Crippen LogP contribution in [-0.4, -0.2) is 10.7 Å². The standard InChI is InChI=1S/C12H15ClO/c1-12(14,10-5-6-10)8-9-3-2-4-11(13)7-9/h2-4,7,10,14H,5-6,8H2,1H3. The fourth-order valence-electron chi connectivity index (χ4n) is 1.91. The SMILES string of the molecule is CC(O)(Cc1cccc(Cl)c1)C1CC1. The van der Waals surface area contributed by atoms with Crippen LogP contribution in [0.5, 0.6) is 0 Å². The predicted molar refractivity (Wildman–Crippen MR) is 58.5 cm³/mol. The summed E-state index contributed by atoms with van der Waals surface area (Å²) in [5.41, 5.74) is 0.569. The first kappa shape index (κ1) is 10.0. The molecule has 2 rings (SSSR count). The van der Waals surface area contributed by atoms with Crippen molar-refractivity contribution in [3.8, 4) is 0 Å². The Labute approximate surface area is 89.7 Å². The Morgan fingerprint density at radius 1 is 1.50 bits per heavy atom. The maximum atomic E-state index is 10.2. The summed E-state index contributed by atoms with van der Waals surface area (Å²) >= 11 is 5.89. The molecule has 0 saturated heterocycles. The molecule has 0 heterocycles. The van der Waals surface area contributed by atoms with Gasteiger partial charge in [-0.2, -0.15) is 0 Å². The zero-order chi connectivity index (χ0) is 10.2. The van der Waals surface area contributed by atoms with E-state index in [0.717, 1.165) is 23.4 Å². The van der Waals surface area contributed by atoms with Crippen LogP contribution in [0.1, 0.15) is 25.3 Å². The van der Waals surface area contributed by atoms with Gasteiger partial charge in [0.15, 0.2) is 0 Å². The fourth-order valence-corrected chi connectivity index (χ4v) is 2.12. The maximum Gasteiger partial charge on any atom is 0.0687 e. The molecule has 1 saturated carbocycles. The largest absolute Gasteiger partial charge is 0.390 e. The van der Waals surface area contributed by atoms with Crippen LogP contribution in [0.4, 0.5) is 0 Å². The van der Waals surface area contributed by atoms with E-state index in [4.69, 9.17) is 11.6 Å². The average Bonchev–Trinajstić information content (AvgIpc) is 2.84. The van der Waals surface area contributed by atoms with Crippen LogP contribution in [-0.2, 0) is 6.42 Å². The Morgan fingerprint density at radius 3 is 2.79 bits per heavy atom. The van der Waals surface area contributed by atoms with E-state index in [1.807, 2.05) is 31.2 Å². The molecule has 1 aromatic rings. The molecule has 1 atom stereocenters. The van der Waals surface area contributed by atoms with E-state index >= 15 is 0 Å². The number of benzene rings is 1. The highest BCUT2D eigenvalue weighted by Crippen LogP contribution is 2.41. The summed E-state index contributed by atoms with van der Waals surface area (Å²) in [6.07, 6.45) is 3.03. The summed E-state index contributed by atoms with van der Waals surface area (Å²) in [4.78, 5) is 0. The van der Waals surface area contributed by atoms with Crippen molar-refractivity contribution in [3.05, 3.63) is 34.9 Å². The Morgan fingerprint density at radius 2 is 2.21 bits per heavy atom. The van der Waals surface area contributed by atoms with Gasteiger partial charge in [-0.05, 0) is 43.4 Å². The third kappa shape index (κ3) is 2.28. The number of rotatable bonds is 3. The van der Waals surface area contributed by atoms with Crippen LogP contribution in [0.2, 0.25) is 5.02 Å². The van der Waals surface area contributed by atoms with E-state index in [9.17, 15) is 5.11 Å². The van der Waals surface area contributed by atoms with Crippen molar-refractivity contribution in [2.75, 3.05) is 0 Å². The van der Waals surface area contributed by atoms with Crippen LogP contribution in [0, 0.1) is 5.92 Å². The second kappa shape index (κ2) is 3.56. The molecule has 1 aromatic carbocycles. The van der Waals surface area contributed by atoms with Crippen molar-refractivity contribution in [1.29, 1.82) is 0 Å². The molecule has 0 aromatic heterocycles. The lowest BCUT2D eigenvalue weighted by molar-refractivity contribution is 0.0372. The van der Waals surface area contributed by atoms with Gasteiger partial charge in [0.25, 0.3) is 0 Å². The van der Waals surface area contributed by atoms with Crippen LogP contribution < -0.4 is 0 Å². The molecular formula is C12H15ClO. The van der Waals surface area contributed by atoms with Gasteiger partial charge < -0.3 is 5.11 Å². The minimum atomic E-state index is -0.551. The first-order chi connectivity index (χ1) is 6.58. The van der Waals surface area contributed by atoms with Crippen LogP contribution in [0.25, 0.3) is 0 Å². The molecule has 76 valence electrons. The molecule has 14 heavy (non-hydrogen) atoms. The minimum Gasteiger partial charge on any atom is -0.390 e. The summed E-state index contributed by atoms with van der Waals surface area (Å²) in [5.74, 6) is 0.487. The Hall–Kier alpha value is -0.530. The molecule has 1 N–H and O–H groups in total. The third-order valence-electron chi connectivity index (χ3n) is 2.91. The minimum absolute atomic E-state index is 0.487. The van der Waals surface area contributed by atoms with Crippen molar-refractivity contribution < 1.29 is 5.11 Å². The van der Waals surface area contributed by atoms with Gasteiger partial charge in [0.2, 0.25) is 0 Å². The molecule has 0 spiro atoms. The highest BCUT2D eigenvalue weighted by molar-refractivity contribution is 6.30. The number of aliphatic hydroxyl groups is 1. The number of hydrogen-bond acceptors (Lipinski definition) is 1. The molecule has 0 bridgehead atoms. The van der Waals surface area contributed by atoms with Gasteiger partial charge in [-0.1, -0.05) is 23.7 Å². The van der Waals surface area contributed by atoms with Crippen molar-refractivity contribution in [3.63, 3.8) is 0 Å². The molecule has 1 fully saturated rings. The zero-order valence-electron chi connectivity index (χ0n) is 8.33. The second-order valence-corrected chi connectivity index (χ2v) is 4.87. The van der Waals surface area contributed by atoms with Gasteiger partial charge in [-0.25, -0.2) is 0 Å². The summed E-state index contributed by atoms with van der Waals surface area (Å²) in [5, 5.41) is 10.9. The molecule has 0 aliphatic heterocycles. The lowest BCUT2D eigenvalue weighted by Crippen LogP contribution is -2.29. The highest BCUT2D eigenvalue weighted by atomic mass is 35.5. The van der Waals surface area contributed by atoms with Gasteiger partial charge in [0.05, 0.1) is 5.60 Å². The Kier molecular flexibility index (Phi) is 2.54. The molecule has 1 aliphatic carbocycles. The number of halogens is 1. The molecule has 1 aliphatic rings. The van der Waals surface area contributed by atoms with Gasteiger partial charge >= 0.3 is 0 Å². The molecule has 0 radical (unpaired) electrons. The molecule has 1 nitrogen and oxygen atoms in total. The quantitative estimate of drug-likeness (QED) is 0.813. The molecule has 0 amide bonds. The lowest BCUT2D eigenvalue weighted by Gasteiger charge is -2.22. The topological polar surface area (TPSA) is 20.2 Å². The highest BCUT2D eigenvalue weighted by Gasteiger charge is 2.39. The van der Waals surface area contributed by atoms with Gasteiger partial charge in [-0.3, -0.25) is 0 Å². The molecular weight excluding hydrogens is 196 g/mol. The normalized spacial score (nSPS) is 20.5. The molecule has 1 unspecified atom stereocenters. The summed E-state index contributed by atoms with van der Waals surface area (Å²) in [6.45, 7) is 1.92. The van der Waals surface area contributed by atoms with Crippen LogP contribution in [0.3, 0.4) is 0 Å². The van der Waals surface area contributed by atoms with E-state index < -0.39 is 5.60 Å². The summed E-state index contributed by atoms with van der Waals surface area (Å²) in [6, 6.07) is 7.73. The van der Waals surface area contributed by atoms with Gasteiger partial charge in [0, 0.05) is 11.4 Å². The lowest BCUT2D eigenvalue weighted by atomic mass is 9.92. The maximum absolute atomic E-state index is 10.2. The zero-order valence-corrected chi connectivity index (χ0v) is 9.09. The van der Waals surface area contributed by atoms with Crippen molar-refractivity contribution in [1.82, 2.24) is 0 Å². The fraction of sp³-hybridized carbons (Fsp3) is 0.500. The van der Waals surface area contributed by atoms with E-state index in [0.29, 0.717) is 12.3 Å².